The Balaban J connectivity index is 1.52. The summed E-state index contributed by atoms with van der Waals surface area (Å²) < 4.78 is 27.3. The third kappa shape index (κ3) is 3.64. The van der Waals surface area contributed by atoms with E-state index in [-0.39, 0.29) is 42.5 Å². The fraction of sp³-hybridized carbons (Fsp3) is 0.273. The predicted molar refractivity (Wildman–Crippen MR) is 115 cm³/mol. The first-order chi connectivity index (χ1) is 14.3. The molecule has 0 saturated carbocycles. The van der Waals surface area contributed by atoms with Gasteiger partial charge in [0, 0.05) is 31.7 Å². The van der Waals surface area contributed by atoms with E-state index in [0.29, 0.717) is 5.52 Å². The zero-order valence-electron chi connectivity index (χ0n) is 16.9. The summed E-state index contributed by atoms with van der Waals surface area (Å²) in [6, 6.07) is 13.9. The number of para-hydroxylation sites is 1. The number of hydrogen-bond donors (Lipinski definition) is 1. The molecular formula is C22H23N3O4S. The average Bonchev–Trinajstić information content (AvgIpc) is 2.74. The quantitative estimate of drug-likeness (QED) is 0.697. The van der Waals surface area contributed by atoms with Crippen molar-refractivity contribution in [2.45, 2.75) is 18.7 Å². The van der Waals surface area contributed by atoms with E-state index in [1.54, 1.807) is 30.3 Å². The van der Waals surface area contributed by atoms with E-state index in [4.69, 9.17) is 0 Å². The van der Waals surface area contributed by atoms with Gasteiger partial charge in [0.25, 0.3) is 11.5 Å². The van der Waals surface area contributed by atoms with Gasteiger partial charge in [-0.15, -0.1) is 0 Å². The molecule has 7 nitrogen and oxygen atoms in total. The number of nitrogens with zero attached hydrogens (tertiary/aromatic N) is 2. The van der Waals surface area contributed by atoms with Gasteiger partial charge in [0.15, 0.2) is 0 Å². The highest BCUT2D eigenvalue weighted by atomic mass is 32.2. The van der Waals surface area contributed by atoms with Crippen LogP contribution >= 0.6 is 0 Å². The van der Waals surface area contributed by atoms with Crippen molar-refractivity contribution >= 4 is 26.8 Å². The summed E-state index contributed by atoms with van der Waals surface area (Å²) in [4.78, 5) is 29.8. The number of amides is 1. The molecule has 3 aromatic rings. The number of benzene rings is 2. The number of hydrogen-bond acceptors (Lipinski definition) is 4. The SMILES string of the molecule is Cc1ccc(S(=O)(=O)N2CCN(C(=O)c3cc4ccccc4[nH]c3=O)CC2)cc1C. The summed E-state index contributed by atoms with van der Waals surface area (Å²) in [5.41, 5.74) is 2.25. The lowest BCUT2D eigenvalue weighted by atomic mass is 10.1. The molecule has 1 aromatic heterocycles. The summed E-state index contributed by atoms with van der Waals surface area (Å²) in [6.07, 6.45) is 0. The number of piperazine rings is 1. The van der Waals surface area contributed by atoms with Crippen molar-refractivity contribution in [2.24, 2.45) is 0 Å². The van der Waals surface area contributed by atoms with Crippen LogP contribution in [0.25, 0.3) is 10.9 Å². The zero-order chi connectivity index (χ0) is 21.5. The highest BCUT2D eigenvalue weighted by Crippen LogP contribution is 2.21. The van der Waals surface area contributed by atoms with Crippen LogP contribution in [0.3, 0.4) is 0 Å². The Morgan fingerprint density at radius 1 is 0.933 bits per heavy atom. The minimum absolute atomic E-state index is 0.0687. The second kappa shape index (κ2) is 7.70. The topological polar surface area (TPSA) is 90.6 Å². The maximum absolute atomic E-state index is 13.0. The number of pyridine rings is 1. The Morgan fingerprint density at radius 2 is 1.63 bits per heavy atom. The summed E-state index contributed by atoms with van der Waals surface area (Å²) in [6.45, 7) is 4.65. The molecule has 2 heterocycles. The summed E-state index contributed by atoms with van der Waals surface area (Å²) in [5, 5.41) is 0.774. The number of fused-ring (bicyclic) bond motifs is 1. The van der Waals surface area contributed by atoms with Crippen LogP contribution in [0.2, 0.25) is 0 Å². The molecule has 1 N–H and O–H groups in total. The molecule has 0 unspecified atom stereocenters. The first kappa shape index (κ1) is 20.3. The number of H-pyrrole nitrogens is 1. The Morgan fingerprint density at radius 3 is 2.33 bits per heavy atom. The smallest absolute Gasteiger partial charge is 0.261 e. The van der Waals surface area contributed by atoms with Gasteiger partial charge in [-0.05, 0) is 54.6 Å². The van der Waals surface area contributed by atoms with Gasteiger partial charge in [-0.25, -0.2) is 8.42 Å². The van der Waals surface area contributed by atoms with Gasteiger partial charge in [-0.3, -0.25) is 9.59 Å². The molecule has 0 radical (unpaired) electrons. The second-order valence-corrected chi connectivity index (χ2v) is 9.48. The van der Waals surface area contributed by atoms with Crippen LogP contribution in [0.4, 0.5) is 0 Å². The van der Waals surface area contributed by atoms with Crippen LogP contribution < -0.4 is 5.56 Å². The molecule has 1 amide bonds. The fourth-order valence-corrected chi connectivity index (χ4v) is 5.14. The minimum atomic E-state index is -3.62. The molecule has 8 heteroatoms. The van der Waals surface area contributed by atoms with Gasteiger partial charge < -0.3 is 9.88 Å². The normalized spacial score (nSPS) is 15.5. The van der Waals surface area contributed by atoms with Gasteiger partial charge in [0.1, 0.15) is 5.56 Å². The lowest BCUT2D eigenvalue weighted by molar-refractivity contribution is 0.0696. The number of carbonyl (C=O) groups excluding carboxylic acids is 1. The highest BCUT2D eigenvalue weighted by molar-refractivity contribution is 7.89. The van der Waals surface area contributed by atoms with Gasteiger partial charge in [0.05, 0.1) is 4.90 Å². The minimum Gasteiger partial charge on any atom is -0.336 e. The van der Waals surface area contributed by atoms with E-state index >= 15 is 0 Å². The van der Waals surface area contributed by atoms with Crippen molar-refractivity contribution < 1.29 is 13.2 Å². The highest BCUT2D eigenvalue weighted by Gasteiger charge is 2.31. The van der Waals surface area contributed by atoms with Crippen molar-refractivity contribution in [1.29, 1.82) is 0 Å². The lowest BCUT2D eigenvalue weighted by Gasteiger charge is -2.34. The average molecular weight is 426 g/mol. The molecule has 0 atom stereocenters. The van der Waals surface area contributed by atoms with Crippen molar-refractivity contribution in [3.63, 3.8) is 0 Å². The molecule has 1 saturated heterocycles. The van der Waals surface area contributed by atoms with Gasteiger partial charge in [-0.1, -0.05) is 24.3 Å². The molecule has 1 fully saturated rings. The number of aryl methyl sites for hydroxylation is 2. The molecule has 30 heavy (non-hydrogen) atoms. The number of rotatable bonds is 3. The van der Waals surface area contributed by atoms with Crippen LogP contribution in [0, 0.1) is 13.8 Å². The van der Waals surface area contributed by atoms with Crippen molar-refractivity contribution in [3.8, 4) is 0 Å². The standard InChI is InChI=1S/C22H23N3O4S/c1-15-7-8-18(13-16(15)2)30(28,29)25-11-9-24(10-12-25)22(27)19-14-17-5-3-4-6-20(17)23-21(19)26/h3-8,13-14H,9-12H2,1-2H3,(H,23,26). The van der Waals surface area contributed by atoms with Gasteiger partial charge in [0.2, 0.25) is 10.0 Å². The van der Waals surface area contributed by atoms with Gasteiger partial charge >= 0.3 is 0 Å². The number of aromatic amines is 1. The van der Waals surface area contributed by atoms with E-state index in [1.807, 2.05) is 32.0 Å². The first-order valence-electron chi connectivity index (χ1n) is 9.76. The number of nitrogens with one attached hydrogen (secondary N) is 1. The van der Waals surface area contributed by atoms with Crippen LogP contribution in [0.5, 0.6) is 0 Å². The zero-order valence-corrected chi connectivity index (χ0v) is 17.7. The van der Waals surface area contributed by atoms with Crippen LogP contribution in [-0.2, 0) is 10.0 Å². The summed E-state index contributed by atoms with van der Waals surface area (Å²) in [5.74, 6) is -0.384. The van der Waals surface area contributed by atoms with Gasteiger partial charge in [-0.2, -0.15) is 4.31 Å². The Kier molecular flexibility index (Phi) is 5.21. The number of carbonyl (C=O) groups is 1. The van der Waals surface area contributed by atoms with E-state index in [9.17, 15) is 18.0 Å². The summed E-state index contributed by atoms with van der Waals surface area (Å²) in [7, 11) is -3.62. The Labute approximate surface area is 175 Å². The third-order valence-electron chi connectivity index (χ3n) is 5.63. The molecule has 2 aromatic carbocycles. The maximum atomic E-state index is 13.0. The van der Waals surface area contributed by atoms with E-state index < -0.39 is 15.6 Å². The van der Waals surface area contributed by atoms with Crippen molar-refractivity contribution in [2.75, 3.05) is 26.2 Å². The van der Waals surface area contributed by atoms with E-state index in [0.717, 1.165) is 16.5 Å². The van der Waals surface area contributed by atoms with Crippen LogP contribution in [-0.4, -0.2) is 54.7 Å². The van der Waals surface area contributed by atoms with Crippen molar-refractivity contribution in [1.82, 2.24) is 14.2 Å². The van der Waals surface area contributed by atoms with Crippen molar-refractivity contribution in [3.05, 3.63) is 75.6 Å². The molecule has 1 aliphatic heterocycles. The Hall–Kier alpha value is -2.97. The number of aromatic nitrogens is 1. The molecular weight excluding hydrogens is 402 g/mol. The molecule has 0 bridgehead atoms. The van der Waals surface area contributed by atoms with Crippen LogP contribution in [0.1, 0.15) is 21.5 Å². The Bertz CT molecular complexity index is 1290. The monoisotopic (exact) mass is 425 g/mol. The lowest BCUT2D eigenvalue weighted by Crippen LogP contribution is -2.51. The van der Waals surface area contributed by atoms with E-state index in [2.05, 4.69) is 4.98 Å². The molecule has 156 valence electrons. The van der Waals surface area contributed by atoms with Crippen LogP contribution in [0.15, 0.2) is 58.2 Å². The first-order valence-corrected chi connectivity index (χ1v) is 11.2. The molecule has 4 rings (SSSR count). The molecule has 0 spiro atoms. The summed E-state index contributed by atoms with van der Waals surface area (Å²) >= 11 is 0. The molecule has 1 aliphatic rings. The molecule has 0 aliphatic carbocycles. The van der Waals surface area contributed by atoms with E-state index in [1.165, 1.54) is 9.21 Å². The predicted octanol–water partition coefficient (Wildman–Crippen LogP) is 2.29. The largest absolute Gasteiger partial charge is 0.336 e. The maximum Gasteiger partial charge on any atom is 0.261 e. The second-order valence-electron chi connectivity index (χ2n) is 7.54. The third-order valence-corrected chi connectivity index (χ3v) is 7.52. The number of sulfonamides is 1. The fourth-order valence-electron chi connectivity index (χ4n) is 3.63.